The van der Waals surface area contributed by atoms with E-state index in [1.54, 1.807) is 0 Å². The van der Waals surface area contributed by atoms with Gasteiger partial charge in [0.2, 0.25) is 0 Å². The summed E-state index contributed by atoms with van der Waals surface area (Å²) in [5.74, 6) is 1.05. The molecule has 0 aliphatic heterocycles. The molecule has 2 N–H and O–H groups in total. The topological polar surface area (TPSA) is 52.3 Å². The van der Waals surface area contributed by atoms with Gasteiger partial charge < -0.3 is 10.5 Å². The Labute approximate surface area is 146 Å². The zero-order valence-corrected chi connectivity index (χ0v) is 16.2. The lowest BCUT2D eigenvalue weighted by molar-refractivity contribution is -0.144. The van der Waals surface area contributed by atoms with Gasteiger partial charge in [0, 0.05) is 10.5 Å². The van der Waals surface area contributed by atoms with Gasteiger partial charge >= 0.3 is 5.97 Å². The molecule has 2 unspecified atom stereocenters. The summed E-state index contributed by atoms with van der Waals surface area (Å²) in [5.41, 5.74) is 7.51. The number of thioether (sulfide) groups is 1. The fourth-order valence-corrected chi connectivity index (χ4v) is 4.09. The largest absolute Gasteiger partial charge is 0.465 e. The van der Waals surface area contributed by atoms with Gasteiger partial charge in [-0.3, -0.25) is 4.79 Å². The number of unbranched alkanes of at least 4 members (excludes halogenated alkanes) is 3. The van der Waals surface area contributed by atoms with Gasteiger partial charge in [-0.1, -0.05) is 51.7 Å². The van der Waals surface area contributed by atoms with E-state index in [2.05, 4.69) is 33.8 Å². The number of ether oxygens (including phenoxy) is 1. The number of hydrogen-bond donors (Lipinski definition) is 1. The van der Waals surface area contributed by atoms with E-state index >= 15 is 0 Å². The molecule has 4 heteroatoms. The van der Waals surface area contributed by atoms with Crippen LogP contribution in [0.25, 0.3) is 0 Å². The lowest BCUT2D eigenvalue weighted by atomic mass is 9.82. The van der Waals surface area contributed by atoms with Gasteiger partial charge in [-0.2, -0.15) is 11.8 Å². The van der Waals surface area contributed by atoms with E-state index in [0.717, 1.165) is 19.3 Å². The molecule has 23 heavy (non-hydrogen) atoms. The summed E-state index contributed by atoms with van der Waals surface area (Å²) in [7, 11) is 0. The fraction of sp³-hybridized carbons (Fsp3) is 0.842. The molecule has 134 valence electrons. The maximum absolute atomic E-state index is 11.9. The molecule has 3 nitrogen and oxygen atoms in total. The van der Waals surface area contributed by atoms with E-state index < -0.39 is 6.04 Å². The smallest absolute Gasteiger partial charge is 0.323 e. The number of carbonyl (C=O) groups is 1. The third-order valence-electron chi connectivity index (χ3n) is 4.80. The number of esters is 1. The molecule has 0 aromatic rings. The standard InChI is InChI=1S/C19H35NO2S/c1-5-6-7-8-13-22-18(21)17(20)14-23-19(3,4)16-11-9-15(2)10-12-16/h9,16-17H,5-8,10-14,20H2,1-4H3. The molecule has 0 amide bonds. The van der Waals surface area contributed by atoms with Crippen molar-refractivity contribution >= 4 is 17.7 Å². The average molecular weight is 342 g/mol. The third-order valence-corrected chi connectivity index (χ3v) is 6.40. The molecule has 0 saturated carbocycles. The number of rotatable bonds is 10. The van der Waals surface area contributed by atoms with Crippen LogP contribution < -0.4 is 5.73 Å². The first-order chi connectivity index (χ1) is 10.9. The monoisotopic (exact) mass is 341 g/mol. The van der Waals surface area contributed by atoms with Crippen molar-refractivity contribution in [3.63, 3.8) is 0 Å². The Kier molecular flexibility index (Phi) is 9.30. The quantitative estimate of drug-likeness (QED) is 0.356. The van der Waals surface area contributed by atoms with Crippen LogP contribution in [0.2, 0.25) is 0 Å². The van der Waals surface area contributed by atoms with E-state index in [-0.39, 0.29) is 10.7 Å². The number of hydrogen-bond acceptors (Lipinski definition) is 4. The maximum atomic E-state index is 11.9. The Morgan fingerprint density at radius 2 is 2.17 bits per heavy atom. The Morgan fingerprint density at radius 3 is 2.78 bits per heavy atom. The van der Waals surface area contributed by atoms with E-state index in [0.29, 0.717) is 18.3 Å². The highest BCUT2D eigenvalue weighted by atomic mass is 32.2. The number of carbonyl (C=O) groups excluding carboxylic acids is 1. The second-order valence-electron chi connectivity index (χ2n) is 7.27. The van der Waals surface area contributed by atoms with Crippen LogP contribution in [0, 0.1) is 5.92 Å². The van der Waals surface area contributed by atoms with Crippen LogP contribution in [-0.4, -0.2) is 29.1 Å². The zero-order valence-electron chi connectivity index (χ0n) is 15.4. The molecule has 0 radical (unpaired) electrons. The summed E-state index contributed by atoms with van der Waals surface area (Å²) >= 11 is 1.82. The van der Waals surface area contributed by atoms with E-state index in [9.17, 15) is 4.79 Å². The van der Waals surface area contributed by atoms with Crippen LogP contribution in [0.5, 0.6) is 0 Å². The molecule has 0 spiro atoms. The van der Waals surface area contributed by atoms with Crippen molar-refractivity contribution in [2.24, 2.45) is 11.7 Å². The van der Waals surface area contributed by atoms with E-state index in [1.807, 2.05) is 11.8 Å². The molecule has 0 heterocycles. The van der Waals surface area contributed by atoms with Crippen molar-refractivity contribution in [2.45, 2.75) is 83.4 Å². The summed E-state index contributed by atoms with van der Waals surface area (Å²) in [4.78, 5) is 11.9. The highest BCUT2D eigenvalue weighted by Gasteiger charge is 2.32. The molecule has 0 saturated heterocycles. The van der Waals surface area contributed by atoms with Gasteiger partial charge in [-0.05, 0) is 38.5 Å². The summed E-state index contributed by atoms with van der Waals surface area (Å²) < 4.78 is 5.44. The minimum absolute atomic E-state index is 0.149. The van der Waals surface area contributed by atoms with Crippen LogP contribution in [0.3, 0.4) is 0 Å². The number of allylic oxidation sites excluding steroid dienone is 2. The highest BCUT2D eigenvalue weighted by Crippen LogP contribution is 2.40. The fourth-order valence-electron chi connectivity index (χ4n) is 2.90. The van der Waals surface area contributed by atoms with Crippen LogP contribution in [0.15, 0.2) is 11.6 Å². The first-order valence-electron chi connectivity index (χ1n) is 9.08. The van der Waals surface area contributed by atoms with Gasteiger partial charge in [-0.15, -0.1) is 0 Å². The van der Waals surface area contributed by atoms with Gasteiger partial charge in [0.25, 0.3) is 0 Å². The van der Waals surface area contributed by atoms with Crippen LogP contribution in [0.1, 0.15) is 72.6 Å². The SMILES string of the molecule is CCCCCCOC(=O)C(N)CSC(C)(C)C1CC=C(C)CC1. The first-order valence-corrected chi connectivity index (χ1v) is 10.1. The van der Waals surface area contributed by atoms with Crippen molar-refractivity contribution < 1.29 is 9.53 Å². The minimum Gasteiger partial charge on any atom is -0.465 e. The molecule has 0 fully saturated rings. The average Bonchev–Trinajstić information content (AvgIpc) is 2.52. The van der Waals surface area contributed by atoms with Gasteiger partial charge in [-0.25, -0.2) is 0 Å². The molecule has 1 aliphatic carbocycles. The lowest BCUT2D eigenvalue weighted by Crippen LogP contribution is -2.38. The summed E-state index contributed by atoms with van der Waals surface area (Å²) in [6.45, 7) is 9.44. The van der Waals surface area contributed by atoms with Crippen molar-refractivity contribution in [1.82, 2.24) is 0 Å². The van der Waals surface area contributed by atoms with Crippen LogP contribution >= 0.6 is 11.8 Å². The molecule has 1 aliphatic rings. The van der Waals surface area contributed by atoms with Crippen LogP contribution in [0.4, 0.5) is 0 Å². The Morgan fingerprint density at radius 1 is 1.43 bits per heavy atom. The van der Waals surface area contributed by atoms with E-state index in [4.69, 9.17) is 10.5 Å². The van der Waals surface area contributed by atoms with Crippen molar-refractivity contribution in [2.75, 3.05) is 12.4 Å². The molecular formula is C19H35NO2S. The van der Waals surface area contributed by atoms with Gasteiger partial charge in [0.15, 0.2) is 0 Å². The Hall–Kier alpha value is -0.480. The van der Waals surface area contributed by atoms with Gasteiger partial charge in [0.1, 0.15) is 6.04 Å². The molecule has 1 rings (SSSR count). The molecule has 0 bridgehead atoms. The molecule has 0 aromatic carbocycles. The highest BCUT2D eigenvalue weighted by molar-refractivity contribution is 8.00. The lowest BCUT2D eigenvalue weighted by Gasteiger charge is -2.36. The zero-order chi connectivity index (χ0) is 17.3. The Balaban J connectivity index is 2.28. The second-order valence-corrected chi connectivity index (χ2v) is 8.95. The Bertz CT molecular complexity index is 393. The molecule has 2 atom stereocenters. The second kappa shape index (κ2) is 10.4. The number of nitrogens with two attached hydrogens (primary N) is 1. The maximum Gasteiger partial charge on any atom is 0.323 e. The van der Waals surface area contributed by atoms with Crippen LogP contribution in [-0.2, 0) is 9.53 Å². The summed E-state index contributed by atoms with van der Waals surface area (Å²) in [6.07, 6.45) is 10.4. The normalized spacial score (nSPS) is 20.0. The van der Waals surface area contributed by atoms with E-state index in [1.165, 1.54) is 31.3 Å². The van der Waals surface area contributed by atoms with Crippen molar-refractivity contribution in [3.05, 3.63) is 11.6 Å². The predicted molar refractivity (Wildman–Crippen MR) is 101 cm³/mol. The molecule has 0 aromatic heterocycles. The van der Waals surface area contributed by atoms with Crippen molar-refractivity contribution in [1.29, 1.82) is 0 Å². The third kappa shape index (κ3) is 7.75. The molecular weight excluding hydrogens is 306 g/mol. The van der Waals surface area contributed by atoms with Gasteiger partial charge in [0.05, 0.1) is 6.61 Å². The summed E-state index contributed by atoms with van der Waals surface area (Å²) in [5, 5.41) is 0. The first kappa shape index (κ1) is 20.6. The van der Waals surface area contributed by atoms with Crippen molar-refractivity contribution in [3.8, 4) is 0 Å². The predicted octanol–water partition coefficient (Wildman–Crippen LogP) is 4.70. The minimum atomic E-state index is -0.508. The summed E-state index contributed by atoms with van der Waals surface area (Å²) in [6, 6.07) is -0.508.